The number of methoxy groups -OCH3 is 1. The van der Waals surface area contributed by atoms with E-state index in [-0.39, 0.29) is 12.1 Å². The highest BCUT2D eigenvalue weighted by molar-refractivity contribution is 5.29. The lowest BCUT2D eigenvalue weighted by atomic mass is 9.96. The van der Waals surface area contributed by atoms with E-state index in [4.69, 9.17) is 4.74 Å². The minimum atomic E-state index is -4.67. The summed E-state index contributed by atoms with van der Waals surface area (Å²) in [6, 6.07) is 2.72. The number of hydrogen-bond acceptors (Lipinski definition) is 2. The van der Waals surface area contributed by atoms with Crippen LogP contribution in [-0.4, -0.2) is 20.3 Å². The van der Waals surface area contributed by atoms with E-state index in [2.05, 4.69) is 5.32 Å². The first-order chi connectivity index (χ1) is 9.38. The number of alkyl halides is 3. The van der Waals surface area contributed by atoms with Gasteiger partial charge in [0, 0.05) is 7.11 Å². The summed E-state index contributed by atoms with van der Waals surface area (Å²) in [6.07, 6.45) is -2.77. The molecule has 1 aliphatic rings. The van der Waals surface area contributed by atoms with Crippen molar-refractivity contribution in [2.24, 2.45) is 5.92 Å². The van der Waals surface area contributed by atoms with E-state index in [0.717, 1.165) is 25.0 Å². The third-order valence-electron chi connectivity index (χ3n) is 3.66. The van der Waals surface area contributed by atoms with Crippen LogP contribution in [0.2, 0.25) is 0 Å². The molecule has 2 unspecified atom stereocenters. The predicted molar refractivity (Wildman–Crippen MR) is 66.7 cm³/mol. The van der Waals surface area contributed by atoms with Gasteiger partial charge in [-0.25, -0.2) is 4.39 Å². The quantitative estimate of drug-likeness (QED) is 0.838. The molecule has 1 fully saturated rings. The maximum absolute atomic E-state index is 13.6. The van der Waals surface area contributed by atoms with Gasteiger partial charge in [-0.2, -0.15) is 13.2 Å². The van der Waals surface area contributed by atoms with E-state index < -0.39 is 17.6 Å². The van der Waals surface area contributed by atoms with Gasteiger partial charge in [0.25, 0.3) is 0 Å². The normalized spacial score (nSPS) is 18.9. The van der Waals surface area contributed by atoms with Gasteiger partial charge in [0.2, 0.25) is 0 Å². The van der Waals surface area contributed by atoms with Crippen molar-refractivity contribution in [2.75, 3.05) is 14.2 Å². The summed E-state index contributed by atoms with van der Waals surface area (Å²) < 4.78 is 56.7. The maximum atomic E-state index is 13.6. The van der Waals surface area contributed by atoms with Gasteiger partial charge in [0.15, 0.2) is 0 Å². The number of likely N-dealkylation sites (N-methyl/N-ethyl adjacent to an activating group) is 1. The largest absolute Gasteiger partial charge is 0.419 e. The molecule has 1 saturated carbocycles. The molecule has 2 atom stereocenters. The first kappa shape index (κ1) is 15.3. The van der Waals surface area contributed by atoms with Crippen LogP contribution in [0.25, 0.3) is 0 Å². The zero-order chi connectivity index (χ0) is 14.9. The zero-order valence-corrected chi connectivity index (χ0v) is 11.3. The van der Waals surface area contributed by atoms with Crippen LogP contribution in [0.1, 0.15) is 30.0 Å². The molecule has 0 aromatic heterocycles. The molecule has 0 amide bonds. The summed E-state index contributed by atoms with van der Waals surface area (Å²) in [7, 11) is 3.25. The number of halogens is 4. The molecule has 6 heteroatoms. The molecule has 112 valence electrons. The van der Waals surface area contributed by atoms with Crippen molar-refractivity contribution >= 4 is 0 Å². The molecule has 0 saturated heterocycles. The maximum Gasteiger partial charge on any atom is 0.419 e. The van der Waals surface area contributed by atoms with Gasteiger partial charge in [-0.1, -0.05) is 6.07 Å². The van der Waals surface area contributed by atoms with Crippen LogP contribution in [0.15, 0.2) is 18.2 Å². The van der Waals surface area contributed by atoms with Crippen molar-refractivity contribution in [3.05, 3.63) is 35.1 Å². The highest BCUT2D eigenvalue weighted by atomic mass is 19.4. The molecule has 1 aliphatic carbocycles. The summed E-state index contributed by atoms with van der Waals surface area (Å²) in [5, 5.41) is 3.00. The second-order valence-corrected chi connectivity index (χ2v) is 5.04. The van der Waals surface area contributed by atoms with Crippen LogP contribution in [0.3, 0.4) is 0 Å². The molecule has 0 aliphatic heterocycles. The Balaban J connectivity index is 2.29. The predicted octanol–water partition coefficient (Wildman–Crippen LogP) is 3.53. The lowest BCUT2D eigenvalue weighted by molar-refractivity contribution is -0.140. The van der Waals surface area contributed by atoms with Crippen LogP contribution in [0, 0.1) is 11.7 Å². The van der Waals surface area contributed by atoms with Gasteiger partial charge >= 0.3 is 6.18 Å². The highest BCUT2D eigenvalue weighted by Crippen LogP contribution is 2.40. The van der Waals surface area contributed by atoms with Crippen LogP contribution in [0.4, 0.5) is 17.6 Å². The third-order valence-corrected chi connectivity index (χ3v) is 3.66. The highest BCUT2D eigenvalue weighted by Gasteiger charge is 2.38. The first-order valence-corrected chi connectivity index (χ1v) is 6.45. The van der Waals surface area contributed by atoms with Gasteiger partial charge in [0.05, 0.1) is 17.7 Å². The monoisotopic (exact) mass is 291 g/mol. The van der Waals surface area contributed by atoms with Crippen LogP contribution in [0.5, 0.6) is 0 Å². The molecule has 20 heavy (non-hydrogen) atoms. The number of rotatable bonds is 5. The smallest absolute Gasteiger partial charge is 0.379 e. The summed E-state index contributed by atoms with van der Waals surface area (Å²) in [5.74, 6) is -0.872. The number of benzene rings is 1. The van der Waals surface area contributed by atoms with Crippen molar-refractivity contribution in [1.29, 1.82) is 0 Å². The van der Waals surface area contributed by atoms with Crippen molar-refractivity contribution in [3.63, 3.8) is 0 Å². The first-order valence-electron chi connectivity index (χ1n) is 6.45. The van der Waals surface area contributed by atoms with Gasteiger partial charge in [-0.15, -0.1) is 0 Å². The SMILES string of the molecule is CNC(c1ccc(C(F)(F)F)c(F)c1)C(OC)C1CC1. The van der Waals surface area contributed by atoms with Crippen LogP contribution < -0.4 is 5.32 Å². The Kier molecular flexibility index (Phi) is 4.34. The van der Waals surface area contributed by atoms with Crippen molar-refractivity contribution < 1.29 is 22.3 Å². The van der Waals surface area contributed by atoms with Crippen LogP contribution >= 0.6 is 0 Å². The minimum Gasteiger partial charge on any atom is -0.379 e. The van der Waals surface area contributed by atoms with Crippen molar-refractivity contribution in [2.45, 2.75) is 31.2 Å². The van der Waals surface area contributed by atoms with E-state index in [1.54, 1.807) is 14.2 Å². The average molecular weight is 291 g/mol. The van der Waals surface area contributed by atoms with Crippen LogP contribution in [-0.2, 0) is 10.9 Å². The Bertz CT molecular complexity index is 471. The molecule has 1 N–H and O–H groups in total. The molecule has 0 radical (unpaired) electrons. The fourth-order valence-electron chi connectivity index (χ4n) is 2.50. The lowest BCUT2D eigenvalue weighted by Gasteiger charge is -2.26. The summed E-state index contributed by atoms with van der Waals surface area (Å²) in [4.78, 5) is 0. The summed E-state index contributed by atoms with van der Waals surface area (Å²) >= 11 is 0. The summed E-state index contributed by atoms with van der Waals surface area (Å²) in [5.41, 5.74) is -0.770. The Morgan fingerprint density at radius 1 is 1.30 bits per heavy atom. The Morgan fingerprint density at radius 3 is 2.35 bits per heavy atom. The van der Waals surface area contributed by atoms with E-state index in [1.165, 1.54) is 6.07 Å². The lowest BCUT2D eigenvalue weighted by Crippen LogP contribution is -2.32. The number of nitrogens with one attached hydrogen (secondary N) is 1. The molecule has 2 rings (SSSR count). The molecule has 1 aromatic carbocycles. The average Bonchev–Trinajstić information content (AvgIpc) is 3.18. The fraction of sp³-hybridized carbons (Fsp3) is 0.571. The molecule has 0 bridgehead atoms. The van der Waals surface area contributed by atoms with E-state index in [0.29, 0.717) is 11.5 Å². The van der Waals surface area contributed by atoms with E-state index >= 15 is 0 Å². The Labute approximate surface area is 115 Å². The minimum absolute atomic E-state index is 0.156. The molecule has 1 aromatic rings. The second kappa shape index (κ2) is 5.69. The van der Waals surface area contributed by atoms with Gasteiger partial charge < -0.3 is 10.1 Å². The Hall–Kier alpha value is -1.14. The molecular weight excluding hydrogens is 274 g/mol. The van der Waals surface area contributed by atoms with Crippen molar-refractivity contribution in [1.82, 2.24) is 5.32 Å². The molecule has 2 nitrogen and oxygen atoms in total. The van der Waals surface area contributed by atoms with Gasteiger partial charge in [0.1, 0.15) is 5.82 Å². The third kappa shape index (κ3) is 3.12. The second-order valence-electron chi connectivity index (χ2n) is 5.04. The molecule has 0 heterocycles. The topological polar surface area (TPSA) is 21.3 Å². The summed E-state index contributed by atoms with van der Waals surface area (Å²) in [6.45, 7) is 0. The molecular formula is C14H17F4NO. The number of ether oxygens (including phenoxy) is 1. The van der Waals surface area contributed by atoms with Gasteiger partial charge in [-0.05, 0) is 43.5 Å². The fourth-order valence-corrected chi connectivity index (χ4v) is 2.50. The zero-order valence-electron chi connectivity index (χ0n) is 11.3. The number of hydrogen-bond donors (Lipinski definition) is 1. The molecule has 0 spiro atoms. The van der Waals surface area contributed by atoms with E-state index in [1.807, 2.05) is 0 Å². The van der Waals surface area contributed by atoms with Crippen molar-refractivity contribution in [3.8, 4) is 0 Å². The Morgan fingerprint density at radius 2 is 1.95 bits per heavy atom. The standard InChI is InChI=1S/C14H17F4NO/c1-19-12(13(20-2)8-3-4-8)9-5-6-10(11(15)7-9)14(16,17)18/h5-8,12-13,19H,3-4H2,1-2H3. The van der Waals surface area contributed by atoms with E-state index in [9.17, 15) is 17.6 Å². The van der Waals surface area contributed by atoms with Gasteiger partial charge in [-0.3, -0.25) is 0 Å².